The van der Waals surface area contributed by atoms with Gasteiger partial charge in [-0.2, -0.15) is 5.10 Å². The van der Waals surface area contributed by atoms with Gasteiger partial charge in [-0.25, -0.2) is 5.43 Å². The summed E-state index contributed by atoms with van der Waals surface area (Å²) in [6, 6.07) is 10.2. The van der Waals surface area contributed by atoms with Crippen molar-refractivity contribution < 1.29 is 14.8 Å². The highest BCUT2D eigenvalue weighted by atomic mass is 79.9. The van der Waals surface area contributed by atoms with Crippen LogP contribution >= 0.6 is 15.9 Å². The van der Waals surface area contributed by atoms with E-state index in [-0.39, 0.29) is 17.0 Å². The first-order valence-electron chi connectivity index (χ1n) is 6.04. The number of rotatable bonds is 4. The molecule has 7 nitrogen and oxygen atoms in total. The number of nitro groups is 1. The van der Waals surface area contributed by atoms with Crippen molar-refractivity contribution in [2.24, 2.45) is 5.10 Å². The molecule has 0 atom stereocenters. The molecule has 2 rings (SSSR count). The molecule has 8 heteroatoms. The molecule has 0 saturated carbocycles. The Hall–Kier alpha value is -2.74. The van der Waals surface area contributed by atoms with Crippen LogP contribution in [0.3, 0.4) is 0 Å². The Morgan fingerprint density at radius 2 is 2.09 bits per heavy atom. The zero-order chi connectivity index (χ0) is 16.1. The van der Waals surface area contributed by atoms with Crippen molar-refractivity contribution in [3.05, 3.63) is 68.2 Å². The summed E-state index contributed by atoms with van der Waals surface area (Å²) >= 11 is 3.25. The van der Waals surface area contributed by atoms with Gasteiger partial charge >= 0.3 is 0 Å². The van der Waals surface area contributed by atoms with Crippen molar-refractivity contribution in [1.29, 1.82) is 0 Å². The number of halogens is 1. The minimum atomic E-state index is -0.586. The molecular weight excluding hydrogens is 354 g/mol. The zero-order valence-corrected chi connectivity index (χ0v) is 12.6. The molecule has 0 bridgehead atoms. The lowest BCUT2D eigenvalue weighted by molar-refractivity contribution is -0.384. The highest BCUT2D eigenvalue weighted by Gasteiger charge is 2.09. The highest BCUT2D eigenvalue weighted by molar-refractivity contribution is 9.10. The maximum Gasteiger partial charge on any atom is 0.271 e. The third kappa shape index (κ3) is 3.89. The number of carbonyl (C=O) groups is 1. The maximum atomic E-state index is 11.8. The number of nitrogens with zero attached hydrogens (tertiary/aromatic N) is 2. The summed E-state index contributed by atoms with van der Waals surface area (Å²) < 4.78 is 0.750. The first kappa shape index (κ1) is 15.6. The number of phenols is 1. The van der Waals surface area contributed by atoms with E-state index >= 15 is 0 Å². The van der Waals surface area contributed by atoms with Gasteiger partial charge in [0.15, 0.2) is 0 Å². The predicted molar refractivity (Wildman–Crippen MR) is 84.0 cm³/mol. The van der Waals surface area contributed by atoms with Gasteiger partial charge in [0.2, 0.25) is 0 Å². The van der Waals surface area contributed by atoms with Gasteiger partial charge in [0.1, 0.15) is 5.75 Å². The number of nitrogens with one attached hydrogen (secondary N) is 1. The van der Waals surface area contributed by atoms with Gasteiger partial charge in [-0.1, -0.05) is 22.0 Å². The summed E-state index contributed by atoms with van der Waals surface area (Å²) in [6.07, 6.45) is 1.14. The number of hydrogen-bond donors (Lipinski definition) is 2. The van der Waals surface area contributed by atoms with Crippen LogP contribution in [0.5, 0.6) is 5.75 Å². The Morgan fingerprint density at radius 1 is 1.32 bits per heavy atom. The Bertz CT molecular complexity index is 762. The van der Waals surface area contributed by atoms with Crippen LogP contribution < -0.4 is 5.43 Å². The van der Waals surface area contributed by atoms with Crippen LogP contribution in [0.4, 0.5) is 5.69 Å². The lowest BCUT2D eigenvalue weighted by Crippen LogP contribution is -2.17. The Morgan fingerprint density at radius 3 is 2.77 bits per heavy atom. The fourth-order valence-corrected chi connectivity index (χ4v) is 2.01. The van der Waals surface area contributed by atoms with Gasteiger partial charge in [-0.05, 0) is 24.3 Å². The summed E-state index contributed by atoms with van der Waals surface area (Å²) in [5.41, 5.74) is 2.62. The summed E-state index contributed by atoms with van der Waals surface area (Å²) in [5.74, 6) is -0.617. The molecule has 2 aromatic carbocycles. The molecule has 0 aromatic heterocycles. The van der Waals surface area contributed by atoms with Crippen LogP contribution in [0, 0.1) is 10.1 Å². The van der Waals surface area contributed by atoms with Crippen molar-refractivity contribution in [1.82, 2.24) is 5.43 Å². The van der Waals surface area contributed by atoms with E-state index in [4.69, 9.17) is 0 Å². The van der Waals surface area contributed by atoms with Crippen molar-refractivity contribution >= 4 is 33.7 Å². The molecule has 2 aromatic rings. The topological polar surface area (TPSA) is 105 Å². The number of carbonyl (C=O) groups excluding carboxylic acids is 1. The standard InChI is InChI=1S/C14H10BrN3O4/c15-11-3-1-2-9(6-11)14(20)17-16-8-10-7-12(18(21)22)4-5-13(10)19/h1-8,19H,(H,17,20). The second-order valence-corrected chi connectivity index (χ2v) is 5.13. The number of hydrazone groups is 1. The van der Waals surface area contributed by atoms with Gasteiger partial charge in [-0.3, -0.25) is 14.9 Å². The molecule has 0 aliphatic heterocycles. The monoisotopic (exact) mass is 363 g/mol. The van der Waals surface area contributed by atoms with Crippen LogP contribution in [0.1, 0.15) is 15.9 Å². The first-order chi connectivity index (χ1) is 10.5. The molecule has 0 radical (unpaired) electrons. The van der Waals surface area contributed by atoms with E-state index in [1.165, 1.54) is 12.1 Å². The van der Waals surface area contributed by atoms with Gasteiger partial charge in [-0.15, -0.1) is 0 Å². The average molecular weight is 364 g/mol. The molecule has 0 saturated heterocycles. The molecular formula is C14H10BrN3O4. The predicted octanol–water partition coefficient (Wildman–Crippen LogP) is 2.83. The van der Waals surface area contributed by atoms with Gasteiger partial charge < -0.3 is 5.11 Å². The molecule has 112 valence electrons. The number of amides is 1. The highest BCUT2D eigenvalue weighted by Crippen LogP contribution is 2.21. The fourth-order valence-electron chi connectivity index (χ4n) is 1.61. The van der Waals surface area contributed by atoms with E-state index in [9.17, 15) is 20.0 Å². The number of nitro benzene ring substituents is 1. The van der Waals surface area contributed by atoms with Gasteiger partial charge in [0.25, 0.3) is 11.6 Å². The number of non-ortho nitro benzene ring substituents is 1. The molecule has 0 aliphatic carbocycles. The van der Waals surface area contributed by atoms with Crippen LogP contribution in [0.25, 0.3) is 0 Å². The second-order valence-electron chi connectivity index (χ2n) is 4.21. The van der Waals surface area contributed by atoms with Crippen molar-refractivity contribution in [3.8, 4) is 5.75 Å². The maximum absolute atomic E-state index is 11.8. The van der Waals surface area contributed by atoms with Crippen LogP contribution in [0.2, 0.25) is 0 Å². The summed E-state index contributed by atoms with van der Waals surface area (Å²) in [6.45, 7) is 0. The van der Waals surface area contributed by atoms with Crippen LogP contribution in [0.15, 0.2) is 52.0 Å². The van der Waals surface area contributed by atoms with E-state index < -0.39 is 10.8 Å². The molecule has 1 amide bonds. The molecule has 0 spiro atoms. The number of hydrogen-bond acceptors (Lipinski definition) is 5. The lowest BCUT2D eigenvalue weighted by Gasteiger charge is -2.01. The van der Waals surface area contributed by atoms with Gasteiger partial charge in [0.05, 0.1) is 11.1 Å². The SMILES string of the molecule is O=C(NN=Cc1cc([N+](=O)[O-])ccc1O)c1cccc(Br)c1. The number of benzene rings is 2. The smallest absolute Gasteiger partial charge is 0.271 e. The van der Waals surface area contributed by atoms with Crippen LogP contribution in [-0.2, 0) is 0 Å². The first-order valence-corrected chi connectivity index (χ1v) is 6.83. The molecule has 0 unspecified atom stereocenters. The van der Waals surface area contributed by atoms with Crippen molar-refractivity contribution in [3.63, 3.8) is 0 Å². The number of aromatic hydroxyl groups is 1. The summed E-state index contributed by atoms with van der Waals surface area (Å²) in [5, 5.41) is 24.0. The van der Waals surface area contributed by atoms with Crippen LogP contribution in [-0.4, -0.2) is 22.2 Å². The Kier molecular flexibility index (Phi) is 4.84. The van der Waals surface area contributed by atoms with E-state index in [2.05, 4.69) is 26.5 Å². The minimum absolute atomic E-state index is 0.128. The third-order valence-electron chi connectivity index (χ3n) is 2.68. The largest absolute Gasteiger partial charge is 0.507 e. The average Bonchev–Trinajstić information content (AvgIpc) is 2.48. The van der Waals surface area contributed by atoms with E-state index in [1.54, 1.807) is 24.3 Å². The van der Waals surface area contributed by atoms with Crippen molar-refractivity contribution in [2.45, 2.75) is 0 Å². The fraction of sp³-hybridized carbons (Fsp3) is 0. The molecule has 22 heavy (non-hydrogen) atoms. The summed E-state index contributed by atoms with van der Waals surface area (Å²) in [4.78, 5) is 21.9. The van der Waals surface area contributed by atoms with Gasteiger partial charge in [0, 0.05) is 27.7 Å². The molecule has 0 aliphatic rings. The Balaban J connectivity index is 2.11. The second kappa shape index (κ2) is 6.81. The summed E-state index contributed by atoms with van der Waals surface area (Å²) in [7, 11) is 0. The number of phenolic OH excluding ortho intramolecular Hbond substituents is 1. The van der Waals surface area contributed by atoms with E-state index in [0.717, 1.165) is 16.8 Å². The molecule has 0 heterocycles. The molecule has 2 N–H and O–H groups in total. The third-order valence-corrected chi connectivity index (χ3v) is 3.17. The van der Waals surface area contributed by atoms with Crippen molar-refractivity contribution in [2.75, 3.05) is 0 Å². The van der Waals surface area contributed by atoms with E-state index in [1.807, 2.05) is 0 Å². The minimum Gasteiger partial charge on any atom is -0.507 e. The molecule has 0 fully saturated rings. The quantitative estimate of drug-likeness (QED) is 0.494. The lowest BCUT2D eigenvalue weighted by atomic mass is 10.2. The normalized spacial score (nSPS) is 10.6. The van der Waals surface area contributed by atoms with E-state index in [0.29, 0.717) is 5.56 Å². The zero-order valence-electron chi connectivity index (χ0n) is 11.1. The Labute approximate surface area is 133 Å².